The largest absolute Gasteiger partial charge is 0.399 e. The van der Waals surface area contributed by atoms with Crippen molar-refractivity contribution < 1.29 is 0 Å². The summed E-state index contributed by atoms with van der Waals surface area (Å²) in [6, 6.07) is 38.0. The lowest BCUT2D eigenvalue weighted by Gasteiger charge is -2.09. The van der Waals surface area contributed by atoms with Crippen LogP contribution in [0.15, 0.2) is 109 Å². The van der Waals surface area contributed by atoms with Gasteiger partial charge in [0.25, 0.3) is 0 Å². The van der Waals surface area contributed by atoms with E-state index in [0.717, 1.165) is 22.7 Å². The van der Waals surface area contributed by atoms with Crippen LogP contribution in [0.2, 0.25) is 0 Å². The zero-order valence-electron chi connectivity index (χ0n) is 18.4. The Labute approximate surface area is 196 Å². The molecular weight excluding hydrogens is 416 g/mol. The molecular formula is C30H22N4. The summed E-state index contributed by atoms with van der Waals surface area (Å²) < 4.78 is 4.66. The van der Waals surface area contributed by atoms with E-state index < -0.39 is 0 Å². The van der Waals surface area contributed by atoms with Gasteiger partial charge in [-0.3, -0.25) is 0 Å². The minimum absolute atomic E-state index is 0.762. The fraction of sp³-hybridized carbons (Fsp3) is 0. The van der Waals surface area contributed by atoms with Gasteiger partial charge in [0, 0.05) is 44.3 Å². The fourth-order valence-corrected chi connectivity index (χ4v) is 5.23. The number of nitrogens with two attached hydrogens (primary N) is 2. The van der Waals surface area contributed by atoms with Gasteiger partial charge in [0.2, 0.25) is 0 Å². The van der Waals surface area contributed by atoms with E-state index in [2.05, 4.69) is 94.1 Å². The van der Waals surface area contributed by atoms with E-state index >= 15 is 0 Å². The number of anilines is 2. The predicted octanol–water partition coefficient (Wildman–Crippen LogP) is 7.05. The molecule has 0 saturated carbocycles. The number of benzene rings is 5. The van der Waals surface area contributed by atoms with Crippen molar-refractivity contribution in [2.75, 3.05) is 11.5 Å². The van der Waals surface area contributed by atoms with Crippen molar-refractivity contribution in [2.45, 2.75) is 0 Å². The van der Waals surface area contributed by atoms with Gasteiger partial charge in [-0.15, -0.1) is 0 Å². The zero-order valence-corrected chi connectivity index (χ0v) is 18.4. The summed E-state index contributed by atoms with van der Waals surface area (Å²) in [5.41, 5.74) is 20.4. The first-order valence-corrected chi connectivity index (χ1v) is 11.4. The Morgan fingerprint density at radius 2 is 0.765 bits per heavy atom. The highest BCUT2D eigenvalue weighted by Crippen LogP contribution is 2.39. The minimum atomic E-state index is 0.762. The molecule has 0 aliphatic heterocycles. The summed E-state index contributed by atoms with van der Waals surface area (Å²) >= 11 is 0. The number of fused-ring (bicyclic) bond motifs is 6. The Morgan fingerprint density at radius 1 is 0.382 bits per heavy atom. The van der Waals surface area contributed by atoms with Gasteiger partial charge in [-0.2, -0.15) is 0 Å². The van der Waals surface area contributed by atoms with Crippen molar-refractivity contribution >= 4 is 55.0 Å². The average molecular weight is 439 g/mol. The summed E-state index contributed by atoms with van der Waals surface area (Å²) in [5.74, 6) is 0. The van der Waals surface area contributed by atoms with Gasteiger partial charge in [0.15, 0.2) is 0 Å². The molecule has 7 rings (SSSR count). The molecule has 5 aromatic carbocycles. The number of para-hydroxylation sites is 2. The Hall–Kier alpha value is -4.70. The average Bonchev–Trinajstić information content (AvgIpc) is 3.36. The van der Waals surface area contributed by atoms with E-state index in [9.17, 15) is 0 Å². The smallest absolute Gasteiger partial charge is 0.0548 e. The first kappa shape index (κ1) is 18.8. The van der Waals surface area contributed by atoms with Crippen molar-refractivity contribution in [3.63, 3.8) is 0 Å². The molecule has 4 heteroatoms. The van der Waals surface area contributed by atoms with Crippen molar-refractivity contribution in [1.29, 1.82) is 0 Å². The Bertz CT molecular complexity index is 1710. The monoisotopic (exact) mass is 438 g/mol. The quantitative estimate of drug-likeness (QED) is 0.284. The van der Waals surface area contributed by atoms with Crippen LogP contribution in [-0.2, 0) is 0 Å². The molecule has 162 valence electrons. The molecule has 0 radical (unpaired) electrons. The van der Waals surface area contributed by atoms with Gasteiger partial charge in [0.1, 0.15) is 0 Å². The molecule has 2 aromatic heterocycles. The molecule has 0 aliphatic carbocycles. The number of rotatable bonds is 2. The van der Waals surface area contributed by atoms with Crippen molar-refractivity contribution in [3.05, 3.63) is 109 Å². The highest BCUT2D eigenvalue weighted by atomic mass is 15.0. The van der Waals surface area contributed by atoms with E-state index in [1.165, 1.54) is 43.6 Å². The van der Waals surface area contributed by atoms with Crippen LogP contribution in [0, 0.1) is 0 Å². The van der Waals surface area contributed by atoms with Gasteiger partial charge >= 0.3 is 0 Å². The minimum Gasteiger partial charge on any atom is -0.399 e. The third-order valence-corrected chi connectivity index (χ3v) is 6.77. The van der Waals surface area contributed by atoms with Gasteiger partial charge in [-0.05, 0) is 72.8 Å². The van der Waals surface area contributed by atoms with E-state index in [-0.39, 0.29) is 0 Å². The number of aromatic nitrogens is 2. The second-order valence-corrected chi connectivity index (χ2v) is 8.77. The van der Waals surface area contributed by atoms with Crippen molar-refractivity contribution in [1.82, 2.24) is 9.13 Å². The zero-order chi connectivity index (χ0) is 22.8. The van der Waals surface area contributed by atoms with Crippen LogP contribution in [0.1, 0.15) is 0 Å². The number of nitrogen functional groups attached to an aromatic ring is 2. The molecule has 0 bridgehead atoms. The maximum absolute atomic E-state index is 5.99. The molecule has 0 aliphatic rings. The van der Waals surface area contributed by atoms with E-state index in [0.29, 0.717) is 0 Å². The van der Waals surface area contributed by atoms with Crippen LogP contribution in [-0.4, -0.2) is 9.13 Å². The third kappa shape index (κ3) is 2.60. The van der Waals surface area contributed by atoms with Gasteiger partial charge in [-0.1, -0.05) is 36.4 Å². The maximum Gasteiger partial charge on any atom is 0.0548 e. The second-order valence-electron chi connectivity index (χ2n) is 8.77. The summed E-state index contributed by atoms with van der Waals surface area (Å²) in [7, 11) is 0. The maximum atomic E-state index is 5.99. The van der Waals surface area contributed by atoms with Crippen LogP contribution in [0.25, 0.3) is 55.0 Å². The molecule has 0 atom stereocenters. The molecule has 4 nitrogen and oxygen atoms in total. The molecule has 0 fully saturated rings. The van der Waals surface area contributed by atoms with Crippen LogP contribution in [0.4, 0.5) is 11.4 Å². The molecule has 7 aromatic rings. The normalized spacial score (nSPS) is 11.8. The van der Waals surface area contributed by atoms with E-state index in [4.69, 9.17) is 11.5 Å². The van der Waals surface area contributed by atoms with Crippen LogP contribution < -0.4 is 11.5 Å². The second kappa shape index (κ2) is 6.90. The summed E-state index contributed by atoms with van der Waals surface area (Å²) in [5, 5.41) is 4.90. The van der Waals surface area contributed by atoms with E-state index in [1.807, 2.05) is 24.3 Å². The standard InChI is InChI=1S/C30H22N4/c31-19-9-13-21(14-10-19)33-27-7-3-1-5-23(27)25-17-30-26(18-29(25)33)24-6-2-4-8-28(24)34(30)22-15-11-20(32)12-16-22/h1-18H,31-32H2. The van der Waals surface area contributed by atoms with Crippen LogP contribution in [0.5, 0.6) is 0 Å². The predicted molar refractivity (Wildman–Crippen MR) is 144 cm³/mol. The van der Waals surface area contributed by atoms with Gasteiger partial charge in [-0.25, -0.2) is 0 Å². The van der Waals surface area contributed by atoms with Crippen LogP contribution >= 0.6 is 0 Å². The Balaban J connectivity index is 1.66. The van der Waals surface area contributed by atoms with Gasteiger partial charge in [0.05, 0.1) is 22.1 Å². The first-order chi connectivity index (χ1) is 16.7. The number of hydrogen-bond acceptors (Lipinski definition) is 2. The first-order valence-electron chi connectivity index (χ1n) is 11.4. The molecule has 4 N–H and O–H groups in total. The molecule has 2 heterocycles. The Morgan fingerprint density at radius 3 is 1.18 bits per heavy atom. The lowest BCUT2D eigenvalue weighted by Crippen LogP contribution is -1.95. The topological polar surface area (TPSA) is 61.9 Å². The molecule has 0 amide bonds. The van der Waals surface area contributed by atoms with Crippen molar-refractivity contribution in [3.8, 4) is 11.4 Å². The SMILES string of the molecule is Nc1ccc(-n2c3ccccc3c3cc4c(cc32)c2ccccc2n4-c2ccc(N)cc2)cc1. The van der Waals surface area contributed by atoms with Crippen LogP contribution in [0.3, 0.4) is 0 Å². The van der Waals surface area contributed by atoms with Gasteiger partial charge < -0.3 is 20.6 Å². The number of hydrogen-bond donors (Lipinski definition) is 2. The fourth-order valence-electron chi connectivity index (χ4n) is 5.23. The Kier molecular flexibility index (Phi) is 3.82. The lowest BCUT2D eigenvalue weighted by molar-refractivity contribution is 1.17. The van der Waals surface area contributed by atoms with Crippen molar-refractivity contribution in [2.24, 2.45) is 0 Å². The molecule has 0 saturated heterocycles. The lowest BCUT2D eigenvalue weighted by atomic mass is 10.1. The highest BCUT2D eigenvalue weighted by molar-refractivity contribution is 6.19. The summed E-state index contributed by atoms with van der Waals surface area (Å²) in [6.45, 7) is 0. The number of nitrogens with zero attached hydrogens (tertiary/aromatic N) is 2. The molecule has 0 unspecified atom stereocenters. The summed E-state index contributed by atoms with van der Waals surface area (Å²) in [6.07, 6.45) is 0. The summed E-state index contributed by atoms with van der Waals surface area (Å²) in [4.78, 5) is 0. The van der Waals surface area contributed by atoms with E-state index in [1.54, 1.807) is 0 Å². The molecule has 0 spiro atoms. The molecule has 34 heavy (non-hydrogen) atoms. The third-order valence-electron chi connectivity index (χ3n) is 6.77. The highest BCUT2D eigenvalue weighted by Gasteiger charge is 2.18.